The molecule has 6 heterocycles. The summed E-state index contributed by atoms with van der Waals surface area (Å²) in [6, 6.07) is 110. The van der Waals surface area contributed by atoms with Gasteiger partial charge in [0, 0.05) is 74.7 Å². The van der Waals surface area contributed by atoms with Crippen molar-refractivity contribution in [2.75, 3.05) is 0 Å². The highest BCUT2D eigenvalue weighted by atomic mass is 32.1. The predicted octanol–water partition coefficient (Wildman–Crippen LogP) is 24.5. The average molecular weight is 1300 g/mol. The van der Waals surface area contributed by atoms with Crippen molar-refractivity contribution in [1.82, 2.24) is 29.9 Å². The Morgan fingerprint density at radius 2 is 0.550 bits per heavy atom. The largest absolute Gasteiger partial charge is 0.456 e. The molecule has 0 aliphatic carbocycles. The molecule has 0 aliphatic heterocycles. The molecule has 100 heavy (non-hydrogen) atoms. The van der Waals surface area contributed by atoms with Crippen LogP contribution in [0.1, 0.15) is 0 Å². The summed E-state index contributed by atoms with van der Waals surface area (Å²) in [4.78, 5) is 31.7. The number of furan rings is 3. The fourth-order valence-electron chi connectivity index (χ4n) is 14.5. The van der Waals surface area contributed by atoms with Crippen LogP contribution in [-0.4, -0.2) is 29.9 Å². The van der Waals surface area contributed by atoms with E-state index in [9.17, 15) is 0 Å². The highest BCUT2D eigenvalue weighted by Crippen LogP contribution is 2.46. The quantitative estimate of drug-likeness (QED) is 0.125. The Hall–Kier alpha value is -13.3. The van der Waals surface area contributed by atoms with Gasteiger partial charge in [-0.1, -0.05) is 255 Å². The van der Waals surface area contributed by atoms with E-state index in [2.05, 4.69) is 231 Å². The highest BCUT2D eigenvalue weighted by Gasteiger charge is 2.25. The minimum Gasteiger partial charge on any atom is -0.456 e. The molecule has 466 valence electrons. The van der Waals surface area contributed by atoms with Crippen molar-refractivity contribution in [3.8, 4) is 124 Å². The molecule has 0 fully saturated rings. The highest BCUT2D eigenvalue weighted by molar-refractivity contribution is 7.26. The van der Waals surface area contributed by atoms with Crippen molar-refractivity contribution < 1.29 is 13.3 Å². The van der Waals surface area contributed by atoms with Gasteiger partial charge in [-0.15, -0.1) is 11.3 Å². The van der Waals surface area contributed by atoms with Crippen LogP contribution in [0.5, 0.6) is 0 Å². The van der Waals surface area contributed by atoms with Crippen LogP contribution in [0.25, 0.3) is 210 Å². The smallest absolute Gasteiger partial charge is 0.167 e. The summed E-state index contributed by atoms with van der Waals surface area (Å²) in [5.41, 5.74) is 20.6. The molecule has 6 aromatic heterocycles. The van der Waals surface area contributed by atoms with E-state index >= 15 is 0 Å². The van der Waals surface area contributed by atoms with Crippen LogP contribution in [0.15, 0.2) is 329 Å². The normalized spacial score (nSPS) is 11.8. The summed E-state index contributed by atoms with van der Waals surface area (Å²) in [7, 11) is 0. The first-order chi connectivity index (χ1) is 49.5. The number of aromatic nitrogens is 6. The minimum absolute atomic E-state index is 0.508. The molecule has 0 radical (unpaired) electrons. The molecule has 0 aliphatic rings. The van der Waals surface area contributed by atoms with Gasteiger partial charge in [0.15, 0.2) is 34.9 Å². The van der Waals surface area contributed by atoms with Crippen LogP contribution in [0, 0.1) is 0 Å². The number of fused-ring (bicyclic) bond motifs is 12. The lowest BCUT2D eigenvalue weighted by molar-refractivity contribution is 0.668. The molecule has 0 saturated heterocycles. The van der Waals surface area contributed by atoms with E-state index in [1.165, 1.54) is 26.6 Å². The van der Waals surface area contributed by atoms with Crippen LogP contribution in [0.2, 0.25) is 0 Å². The number of thiophene rings is 1. The van der Waals surface area contributed by atoms with E-state index < -0.39 is 0 Å². The Morgan fingerprint density at radius 1 is 0.200 bits per heavy atom. The van der Waals surface area contributed by atoms with E-state index in [1.807, 2.05) is 84.9 Å². The number of nitrogens with zero attached hydrogens (tertiary/aromatic N) is 6. The molecule has 0 N–H and O–H groups in total. The average Bonchev–Trinajstić information content (AvgIpc) is 1.59. The molecule has 20 aromatic rings. The fraction of sp³-hybridized carbons (Fsp3) is 0. The standard InChI is InChI=1S/C90H52N6O3S/c1-3-19-53(20-4-1)54-43-47-56(48-44-54)63-29-16-40-76-79(63)69-33-15-36-72(83(69)99-76)89-93-86(94-90(96-89)73-37-13-31-66-65-27-8-10-42-78(65)100-84(66)73)62-26-12-25-61(52-62)60-24-11-23-59(51-60)55-45-49-57(50-46-55)64-30-17-41-77-80(64)68-32-14-35-71(82(68)98-77)88-92-85(58-21-5-2-6-22-58)91-87(95-88)70-34-18-39-75-81(70)67-28-7-9-38-74(67)97-75/h1-52H. The van der Waals surface area contributed by atoms with E-state index in [-0.39, 0.29) is 0 Å². The molecule has 0 saturated carbocycles. The minimum atomic E-state index is 0.508. The zero-order valence-electron chi connectivity index (χ0n) is 53.3. The van der Waals surface area contributed by atoms with Gasteiger partial charge < -0.3 is 13.3 Å². The van der Waals surface area contributed by atoms with Crippen LogP contribution >= 0.6 is 11.3 Å². The lowest BCUT2D eigenvalue weighted by Gasteiger charge is -2.11. The van der Waals surface area contributed by atoms with Crippen molar-refractivity contribution in [2.45, 2.75) is 0 Å². The summed E-state index contributed by atoms with van der Waals surface area (Å²) in [6.45, 7) is 0. The molecular weight excluding hydrogens is 1250 g/mol. The van der Waals surface area contributed by atoms with Crippen molar-refractivity contribution in [2.24, 2.45) is 0 Å². The fourth-order valence-corrected chi connectivity index (χ4v) is 15.7. The molecule has 0 bridgehead atoms. The number of benzene rings is 14. The van der Waals surface area contributed by atoms with Gasteiger partial charge in [0.25, 0.3) is 0 Å². The van der Waals surface area contributed by atoms with Crippen molar-refractivity contribution in [3.05, 3.63) is 315 Å². The van der Waals surface area contributed by atoms with Crippen molar-refractivity contribution in [3.63, 3.8) is 0 Å². The summed E-state index contributed by atoms with van der Waals surface area (Å²) in [6.07, 6.45) is 0. The van der Waals surface area contributed by atoms with E-state index in [4.69, 9.17) is 43.2 Å². The van der Waals surface area contributed by atoms with Gasteiger partial charge >= 0.3 is 0 Å². The van der Waals surface area contributed by atoms with Crippen LogP contribution in [-0.2, 0) is 0 Å². The Balaban J connectivity index is 0.650. The van der Waals surface area contributed by atoms with Gasteiger partial charge in [0.05, 0.1) is 11.1 Å². The van der Waals surface area contributed by atoms with Gasteiger partial charge in [0.2, 0.25) is 0 Å². The van der Waals surface area contributed by atoms with Crippen LogP contribution < -0.4 is 0 Å². The third kappa shape index (κ3) is 9.60. The van der Waals surface area contributed by atoms with Gasteiger partial charge in [-0.2, -0.15) is 0 Å². The van der Waals surface area contributed by atoms with Crippen LogP contribution in [0.4, 0.5) is 0 Å². The third-order valence-electron chi connectivity index (χ3n) is 19.3. The third-order valence-corrected chi connectivity index (χ3v) is 20.5. The second kappa shape index (κ2) is 23.2. The molecule has 20 rings (SSSR count). The molecule has 0 unspecified atom stereocenters. The van der Waals surface area contributed by atoms with Crippen molar-refractivity contribution >= 4 is 97.3 Å². The number of hydrogen-bond donors (Lipinski definition) is 0. The molecule has 14 aromatic carbocycles. The molecule has 9 nitrogen and oxygen atoms in total. The van der Waals surface area contributed by atoms with Gasteiger partial charge in [0.1, 0.15) is 33.5 Å². The number of hydrogen-bond acceptors (Lipinski definition) is 10. The summed E-state index contributed by atoms with van der Waals surface area (Å²) in [5.74, 6) is 3.28. The SMILES string of the molecule is c1ccc(-c2ccc(-c3cccc4oc5c(-c6nc(-c7cccc(-c8cccc(-c9ccc(-c%10cccc%11oc%12c(-c%13nc(-c%14ccccc%14)nc(-c%14cccc%15oc%16ccccc%16c%14%15)n%13)cccc%12c%10%11)cc9)c8)c7)nc(-c7cccc8c7sc7ccccc78)n6)cccc5c34)cc2)cc1. The summed E-state index contributed by atoms with van der Waals surface area (Å²) >= 11 is 1.76. The maximum Gasteiger partial charge on any atom is 0.167 e. The van der Waals surface area contributed by atoms with E-state index in [1.54, 1.807) is 11.3 Å². The monoisotopic (exact) mass is 1300 g/mol. The molecular formula is C90H52N6O3S. The zero-order valence-corrected chi connectivity index (χ0v) is 54.2. The maximum absolute atomic E-state index is 6.93. The lowest BCUT2D eigenvalue weighted by atomic mass is 9.95. The van der Waals surface area contributed by atoms with E-state index in [0.29, 0.717) is 46.1 Å². The van der Waals surface area contributed by atoms with Crippen LogP contribution in [0.3, 0.4) is 0 Å². The summed E-state index contributed by atoms with van der Waals surface area (Å²) < 4.78 is 22.5. The van der Waals surface area contributed by atoms with Crippen molar-refractivity contribution in [1.29, 1.82) is 0 Å². The predicted molar refractivity (Wildman–Crippen MR) is 408 cm³/mol. The first-order valence-corrected chi connectivity index (χ1v) is 34.1. The van der Waals surface area contributed by atoms with E-state index in [0.717, 1.165) is 137 Å². The van der Waals surface area contributed by atoms with Gasteiger partial charge in [-0.3, -0.25) is 0 Å². The Labute approximate surface area is 576 Å². The Bertz CT molecular complexity index is 6650. The topological polar surface area (TPSA) is 117 Å². The molecule has 0 amide bonds. The Kier molecular flexibility index (Phi) is 13.2. The first-order valence-electron chi connectivity index (χ1n) is 33.3. The van der Waals surface area contributed by atoms with Gasteiger partial charge in [-0.25, -0.2) is 29.9 Å². The number of rotatable bonds is 11. The Morgan fingerprint density at radius 3 is 1.16 bits per heavy atom. The molecule has 0 atom stereocenters. The van der Waals surface area contributed by atoms with Gasteiger partial charge in [-0.05, 0) is 116 Å². The second-order valence-corrected chi connectivity index (χ2v) is 26.2. The molecule has 0 spiro atoms. The lowest BCUT2D eigenvalue weighted by Crippen LogP contribution is -2.00. The summed E-state index contributed by atoms with van der Waals surface area (Å²) in [5, 5.41) is 8.33. The number of para-hydroxylation sites is 3. The molecule has 10 heteroatoms. The first kappa shape index (κ1) is 57.0. The zero-order chi connectivity index (χ0) is 65.8. The maximum atomic E-state index is 6.93. The second-order valence-electron chi connectivity index (χ2n) is 25.1.